The van der Waals surface area contributed by atoms with Gasteiger partial charge in [0.15, 0.2) is 0 Å². The summed E-state index contributed by atoms with van der Waals surface area (Å²) in [5, 5.41) is 8.32. The van der Waals surface area contributed by atoms with E-state index in [2.05, 4.69) is 4.90 Å². The molecule has 8 nitrogen and oxygen atoms in total. The lowest BCUT2D eigenvalue weighted by atomic mass is 10.0. The fraction of sp³-hybridized carbons (Fsp3) is 0.480. The minimum absolute atomic E-state index is 0.0187. The molecule has 0 radical (unpaired) electrons. The summed E-state index contributed by atoms with van der Waals surface area (Å²) in [4.78, 5) is 31.2. The Hall–Kier alpha value is -2.75. The molecular formula is C25H32N4O4S. The highest BCUT2D eigenvalue weighted by Gasteiger charge is 2.34. The van der Waals surface area contributed by atoms with Gasteiger partial charge in [-0.05, 0) is 29.1 Å². The van der Waals surface area contributed by atoms with Gasteiger partial charge >= 0.3 is 0 Å². The van der Waals surface area contributed by atoms with Crippen molar-refractivity contribution in [3.63, 3.8) is 0 Å². The molecular weight excluding hydrogens is 452 g/mol. The average molecular weight is 485 g/mol. The molecule has 1 aromatic heterocycles. The summed E-state index contributed by atoms with van der Waals surface area (Å²) in [7, 11) is 1.63. The van der Waals surface area contributed by atoms with Gasteiger partial charge in [-0.2, -0.15) is 5.10 Å². The maximum Gasteiger partial charge on any atom is 0.262 e. The molecule has 0 N–H and O–H groups in total. The van der Waals surface area contributed by atoms with Crippen LogP contribution in [0.25, 0.3) is 0 Å². The van der Waals surface area contributed by atoms with Crippen LogP contribution in [0.2, 0.25) is 0 Å². The van der Waals surface area contributed by atoms with E-state index in [1.54, 1.807) is 28.4 Å². The number of hydrazone groups is 1. The fourth-order valence-corrected chi connectivity index (χ4v) is 4.98. The molecule has 1 aromatic carbocycles. The summed E-state index contributed by atoms with van der Waals surface area (Å²) in [6, 6.07) is 11.6. The SMILES string of the molecule is CCC(=O)N(CCN1CCOCC1)CC(=O)N1N=C(c2cccs2)C[C@H]1c1ccc(OC)cc1. The van der Waals surface area contributed by atoms with Crippen LogP contribution in [0.4, 0.5) is 0 Å². The summed E-state index contributed by atoms with van der Waals surface area (Å²) in [5.41, 5.74) is 1.89. The van der Waals surface area contributed by atoms with E-state index in [-0.39, 0.29) is 24.4 Å². The van der Waals surface area contributed by atoms with E-state index in [4.69, 9.17) is 14.6 Å². The smallest absolute Gasteiger partial charge is 0.262 e. The van der Waals surface area contributed by atoms with E-state index in [1.807, 2.05) is 48.7 Å². The summed E-state index contributed by atoms with van der Waals surface area (Å²) in [6.07, 6.45) is 0.996. The molecule has 1 atom stereocenters. The highest BCUT2D eigenvalue weighted by Crippen LogP contribution is 2.34. The van der Waals surface area contributed by atoms with Gasteiger partial charge in [-0.25, -0.2) is 5.01 Å². The molecule has 0 saturated carbocycles. The number of benzene rings is 1. The molecule has 2 aliphatic heterocycles. The van der Waals surface area contributed by atoms with Crippen LogP contribution in [-0.4, -0.2) is 85.4 Å². The van der Waals surface area contributed by atoms with Crippen LogP contribution in [0.3, 0.4) is 0 Å². The molecule has 2 aliphatic rings. The second-order valence-corrected chi connectivity index (χ2v) is 9.33. The Morgan fingerprint density at radius 1 is 1.21 bits per heavy atom. The number of thiophene rings is 1. The number of morpholine rings is 1. The molecule has 0 bridgehead atoms. The quantitative estimate of drug-likeness (QED) is 0.547. The zero-order chi connectivity index (χ0) is 23.9. The summed E-state index contributed by atoms with van der Waals surface area (Å²) >= 11 is 1.61. The van der Waals surface area contributed by atoms with E-state index >= 15 is 0 Å². The molecule has 0 aliphatic carbocycles. The number of amides is 2. The number of ether oxygens (including phenoxy) is 2. The van der Waals surface area contributed by atoms with Gasteiger partial charge in [0.25, 0.3) is 5.91 Å². The van der Waals surface area contributed by atoms with Gasteiger partial charge in [0.05, 0.1) is 37.0 Å². The lowest BCUT2D eigenvalue weighted by Crippen LogP contribution is -2.46. The Morgan fingerprint density at radius 3 is 2.62 bits per heavy atom. The molecule has 2 aromatic rings. The van der Waals surface area contributed by atoms with Crippen molar-refractivity contribution in [1.82, 2.24) is 14.8 Å². The third-order valence-electron chi connectivity index (χ3n) is 6.24. The van der Waals surface area contributed by atoms with Crippen LogP contribution in [0, 0.1) is 0 Å². The van der Waals surface area contributed by atoms with Crippen molar-refractivity contribution >= 4 is 28.9 Å². The lowest BCUT2D eigenvalue weighted by Gasteiger charge is -2.31. The Labute approximate surface area is 204 Å². The van der Waals surface area contributed by atoms with Crippen molar-refractivity contribution in [2.24, 2.45) is 5.10 Å². The van der Waals surface area contributed by atoms with Gasteiger partial charge in [-0.15, -0.1) is 11.3 Å². The zero-order valence-corrected chi connectivity index (χ0v) is 20.6. The number of carbonyl (C=O) groups is 2. The molecule has 182 valence electrons. The van der Waals surface area contributed by atoms with Gasteiger partial charge in [-0.1, -0.05) is 25.1 Å². The van der Waals surface area contributed by atoms with Crippen molar-refractivity contribution in [2.75, 3.05) is 53.0 Å². The topological polar surface area (TPSA) is 74.7 Å². The van der Waals surface area contributed by atoms with E-state index in [0.717, 1.165) is 41.5 Å². The standard InChI is InChI=1S/C25H32N4O4S/c1-3-24(30)28(11-10-27-12-14-33-15-13-27)18-25(31)29-22(19-6-8-20(32-2)9-7-19)17-21(26-29)23-5-4-16-34-23/h4-9,16,22H,3,10-15,17-18H2,1-2H3/t22-/m0/s1. The first-order valence-electron chi connectivity index (χ1n) is 11.7. The summed E-state index contributed by atoms with van der Waals surface area (Å²) < 4.78 is 10.7. The second kappa shape index (κ2) is 11.6. The van der Waals surface area contributed by atoms with Crippen LogP contribution in [-0.2, 0) is 14.3 Å². The third kappa shape index (κ3) is 5.84. The van der Waals surface area contributed by atoms with Crippen molar-refractivity contribution in [3.8, 4) is 5.75 Å². The van der Waals surface area contributed by atoms with Crippen LogP contribution in [0.5, 0.6) is 5.75 Å². The number of hydrogen-bond acceptors (Lipinski definition) is 7. The minimum atomic E-state index is -0.215. The highest BCUT2D eigenvalue weighted by molar-refractivity contribution is 7.12. The van der Waals surface area contributed by atoms with E-state index < -0.39 is 0 Å². The number of nitrogens with zero attached hydrogens (tertiary/aromatic N) is 4. The third-order valence-corrected chi connectivity index (χ3v) is 7.16. The maximum absolute atomic E-state index is 13.5. The van der Waals surface area contributed by atoms with Crippen LogP contribution in [0.15, 0.2) is 46.9 Å². The van der Waals surface area contributed by atoms with Crippen molar-refractivity contribution in [3.05, 3.63) is 52.2 Å². The molecule has 1 saturated heterocycles. The van der Waals surface area contributed by atoms with Crippen molar-refractivity contribution < 1.29 is 19.1 Å². The molecule has 9 heteroatoms. The van der Waals surface area contributed by atoms with Crippen LogP contribution < -0.4 is 4.74 Å². The molecule has 0 unspecified atom stereocenters. The lowest BCUT2D eigenvalue weighted by molar-refractivity contribution is -0.141. The van der Waals surface area contributed by atoms with E-state index in [0.29, 0.717) is 32.6 Å². The monoisotopic (exact) mass is 484 g/mol. The molecule has 34 heavy (non-hydrogen) atoms. The van der Waals surface area contributed by atoms with Gasteiger partial charge < -0.3 is 14.4 Å². The molecule has 2 amide bonds. The predicted molar refractivity (Wildman–Crippen MR) is 132 cm³/mol. The fourth-order valence-electron chi connectivity index (χ4n) is 4.26. The summed E-state index contributed by atoms with van der Waals surface area (Å²) in [5.74, 6) is 0.572. The van der Waals surface area contributed by atoms with Gasteiger partial charge in [0.1, 0.15) is 12.3 Å². The normalized spacial score (nSPS) is 18.6. The maximum atomic E-state index is 13.5. The number of rotatable bonds is 9. The summed E-state index contributed by atoms with van der Waals surface area (Å²) in [6.45, 7) is 6.21. The first-order chi connectivity index (χ1) is 16.6. The second-order valence-electron chi connectivity index (χ2n) is 8.38. The van der Waals surface area contributed by atoms with Crippen LogP contribution >= 0.6 is 11.3 Å². The number of hydrogen-bond donors (Lipinski definition) is 0. The van der Waals surface area contributed by atoms with Gasteiger partial charge in [-0.3, -0.25) is 14.5 Å². The number of carbonyl (C=O) groups excluding carboxylic acids is 2. The predicted octanol–water partition coefficient (Wildman–Crippen LogP) is 3.01. The Morgan fingerprint density at radius 2 is 1.97 bits per heavy atom. The first-order valence-corrected chi connectivity index (χ1v) is 12.6. The zero-order valence-electron chi connectivity index (χ0n) is 19.8. The number of methoxy groups -OCH3 is 1. The average Bonchev–Trinajstić information content (AvgIpc) is 3.57. The van der Waals surface area contributed by atoms with Gasteiger partial charge in [0, 0.05) is 39.0 Å². The Bertz CT molecular complexity index is 987. The molecule has 4 rings (SSSR count). The molecule has 1 fully saturated rings. The van der Waals surface area contributed by atoms with Crippen LogP contribution in [0.1, 0.15) is 36.2 Å². The highest BCUT2D eigenvalue weighted by atomic mass is 32.1. The molecule has 0 spiro atoms. The van der Waals surface area contributed by atoms with Crippen molar-refractivity contribution in [2.45, 2.75) is 25.8 Å². The minimum Gasteiger partial charge on any atom is -0.497 e. The first kappa shape index (κ1) is 24.4. The van der Waals surface area contributed by atoms with E-state index in [1.165, 1.54) is 0 Å². The molecule has 3 heterocycles. The van der Waals surface area contributed by atoms with Crippen molar-refractivity contribution in [1.29, 1.82) is 0 Å². The largest absolute Gasteiger partial charge is 0.497 e. The Balaban J connectivity index is 1.51. The van der Waals surface area contributed by atoms with E-state index in [9.17, 15) is 9.59 Å². The Kier molecular flexibility index (Phi) is 8.31. The van der Waals surface area contributed by atoms with Gasteiger partial charge in [0.2, 0.25) is 5.91 Å².